The van der Waals surface area contributed by atoms with Gasteiger partial charge in [0.1, 0.15) is 0 Å². The Hall–Kier alpha value is -2.41. The van der Waals surface area contributed by atoms with Crippen LogP contribution >= 0.6 is 0 Å². The summed E-state index contributed by atoms with van der Waals surface area (Å²) >= 11 is 0. The van der Waals surface area contributed by atoms with Crippen LogP contribution in [0.5, 0.6) is 0 Å². The highest BCUT2D eigenvalue weighted by molar-refractivity contribution is 6.12. The molecule has 1 heterocycles. The van der Waals surface area contributed by atoms with E-state index in [4.69, 9.17) is 4.99 Å². The Morgan fingerprint density at radius 1 is 0.833 bits per heavy atom. The van der Waals surface area contributed by atoms with Crippen molar-refractivity contribution >= 4 is 11.8 Å². The Kier molecular flexibility index (Phi) is 3.72. The zero-order valence-electron chi connectivity index (χ0n) is 14.5. The zero-order valence-corrected chi connectivity index (χ0v) is 14.5. The molecule has 0 N–H and O–H groups in total. The third-order valence-electron chi connectivity index (χ3n) is 5.73. The van der Waals surface area contributed by atoms with Crippen molar-refractivity contribution in [1.82, 2.24) is 0 Å². The maximum Gasteiger partial charge on any atom is 0.0780 e. The smallest absolute Gasteiger partial charge is 0.0780 e. The second-order valence-corrected chi connectivity index (χ2v) is 7.06. The molecule has 0 saturated carbocycles. The Bertz CT molecular complexity index is 855. The molecule has 0 radical (unpaired) electrons. The van der Waals surface area contributed by atoms with Crippen LogP contribution in [0, 0.1) is 11.8 Å². The van der Waals surface area contributed by atoms with Crippen LogP contribution in [0.1, 0.15) is 26.3 Å². The van der Waals surface area contributed by atoms with Crippen LogP contribution in [0.2, 0.25) is 0 Å². The number of fused-ring (bicyclic) bond motifs is 1. The molecule has 2 aliphatic rings. The van der Waals surface area contributed by atoms with E-state index in [9.17, 15) is 0 Å². The summed E-state index contributed by atoms with van der Waals surface area (Å²) in [6.07, 6.45) is 4.43. The number of rotatable bonds is 2. The predicted octanol–water partition coefficient (Wildman–Crippen LogP) is 5.79. The first kappa shape index (κ1) is 15.1. The van der Waals surface area contributed by atoms with Crippen molar-refractivity contribution in [3.8, 4) is 11.1 Å². The third kappa shape index (κ3) is 2.45. The molecule has 1 nitrogen and oxygen atoms in total. The maximum absolute atomic E-state index is 4.88. The fraction of sp³-hybridized carbons (Fsp3) is 0.261. The molecule has 3 atom stereocenters. The first-order chi connectivity index (χ1) is 11.6. The van der Waals surface area contributed by atoms with Crippen LogP contribution in [0.4, 0.5) is 0 Å². The number of hydrogen-bond donors (Lipinski definition) is 0. The van der Waals surface area contributed by atoms with E-state index >= 15 is 0 Å². The molecule has 120 valence electrons. The number of dihydropyridines is 1. The lowest BCUT2D eigenvalue weighted by Gasteiger charge is -2.20. The van der Waals surface area contributed by atoms with Crippen LogP contribution < -0.4 is 0 Å². The van der Waals surface area contributed by atoms with Crippen LogP contribution in [0.3, 0.4) is 0 Å². The SMILES string of the molecule is CC1=C2C=C(c3cccc(-c4ccccc4)c3)C=NC2C(C)C1C. The van der Waals surface area contributed by atoms with Crippen molar-refractivity contribution in [3.63, 3.8) is 0 Å². The third-order valence-corrected chi connectivity index (χ3v) is 5.73. The summed E-state index contributed by atoms with van der Waals surface area (Å²) in [6, 6.07) is 19.7. The normalized spacial score (nSPS) is 25.6. The van der Waals surface area contributed by atoms with Crippen molar-refractivity contribution in [2.75, 3.05) is 0 Å². The van der Waals surface area contributed by atoms with Gasteiger partial charge in [-0.1, -0.05) is 68.0 Å². The zero-order chi connectivity index (χ0) is 16.7. The average molecular weight is 313 g/mol. The summed E-state index contributed by atoms with van der Waals surface area (Å²) in [5.74, 6) is 1.22. The molecule has 2 aromatic carbocycles. The lowest BCUT2D eigenvalue weighted by atomic mass is 9.91. The van der Waals surface area contributed by atoms with Crippen LogP contribution in [0.15, 0.2) is 76.8 Å². The average Bonchev–Trinajstić information content (AvgIpc) is 2.86. The minimum Gasteiger partial charge on any atom is -0.284 e. The molecule has 4 rings (SSSR count). The van der Waals surface area contributed by atoms with E-state index in [2.05, 4.69) is 87.7 Å². The quantitative estimate of drug-likeness (QED) is 0.665. The summed E-state index contributed by atoms with van der Waals surface area (Å²) in [5.41, 5.74) is 7.90. The molecule has 0 fully saturated rings. The summed E-state index contributed by atoms with van der Waals surface area (Å²) in [4.78, 5) is 4.88. The Balaban J connectivity index is 1.73. The molecule has 1 aliphatic heterocycles. The van der Waals surface area contributed by atoms with E-state index in [1.54, 1.807) is 0 Å². The molecule has 3 unspecified atom stereocenters. The Morgan fingerprint density at radius 2 is 1.54 bits per heavy atom. The molecule has 0 saturated heterocycles. The van der Waals surface area contributed by atoms with Gasteiger partial charge < -0.3 is 0 Å². The van der Waals surface area contributed by atoms with E-state index < -0.39 is 0 Å². The molecule has 0 spiro atoms. The van der Waals surface area contributed by atoms with Crippen LogP contribution in [0.25, 0.3) is 16.7 Å². The predicted molar refractivity (Wildman–Crippen MR) is 103 cm³/mol. The fourth-order valence-corrected chi connectivity index (χ4v) is 3.89. The number of allylic oxidation sites excluding steroid dienone is 2. The lowest BCUT2D eigenvalue weighted by molar-refractivity contribution is 0.438. The van der Waals surface area contributed by atoms with Gasteiger partial charge in [-0.3, -0.25) is 4.99 Å². The maximum atomic E-state index is 4.88. The summed E-state index contributed by atoms with van der Waals surface area (Å²) in [5, 5.41) is 0. The van der Waals surface area contributed by atoms with Gasteiger partial charge in [0, 0.05) is 6.21 Å². The monoisotopic (exact) mass is 313 g/mol. The number of hydrogen-bond acceptors (Lipinski definition) is 1. The first-order valence-electron chi connectivity index (χ1n) is 8.76. The van der Waals surface area contributed by atoms with Crippen LogP contribution in [-0.4, -0.2) is 12.3 Å². The van der Waals surface area contributed by atoms with E-state index in [1.807, 2.05) is 0 Å². The summed E-state index contributed by atoms with van der Waals surface area (Å²) in [6.45, 7) is 6.91. The largest absolute Gasteiger partial charge is 0.284 e. The van der Waals surface area contributed by atoms with E-state index in [1.165, 1.54) is 33.4 Å². The van der Waals surface area contributed by atoms with Crippen molar-refractivity contribution < 1.29 is 0 Å². The molecule has 2 aromatic rings. The van der Waals surface area contributed by atoms with Gasteiger partial charge >= 0.3 is 0 Å². The van der Waals surface area contributed by atoms with Gasteiger partial charge in [-0.15, -0.1) is 0 Å². The molecule has 1 aliphatic carbocycles. The molecule has 0 amide bonds. The van der Waals surface area contributed by atoms with Crippen molar-refractivity contribution in [2.45, 2.75) is 26.8 Å². The van der Waals surface area contributed by atoms with E-state index in [0.717, 1.165) is 0 Å². The van der Waals surface area contributed by atoms with E-state index in [0.29, 0.717) is 17.9 Å². The minimum absolute atomic E-state index is 0.348. The standard InChI is InChI=1S/C23H23N/c1-15-16(2)22-13-21(14-24-23(22)17(15)3)20-11-7-10-19(12-20)18-8-5-4-6-9-18/h4-15,17,23H,1-3H3. The molecule has 24 heavy (non-hydrogen) atoms. The Labute approximate surface area is 144 Å². The molecule has 0 bridgehead atoms. The molecular weight excluding hydrogens is 290 g/mol. The minimum atomic E-state index is 0.348. The topological polar surface area (TPSA) is 12.4 Å². The van der Waals surface area contributed by atoms with Gasteiger partial charge in [-0.2, -0.15) is 0 Å². The highest BCUT2D eigenvalue weighted by Gasteiger charge is 2.35. The number of aliphatic imine (C=N–C) groups is 1. The number of benzene rings is 2. The summed E-state index contributed by atoms with van der Waals surface area (Å²) < 4.78 is 0. The van der Waals surface area contributed by atoms with Gasteiger partial charge in [0.15, 0.2) is 0 Å². The number of nitrogens with zero attached hydrogens (tertiary/aromatic N) is 1. The van der Waals surface area contributed by atoms with Gasteiger partial charge in [0.25, 0.3) is 0 Å². The van der Waals surface area contributed by atoms with Crippen LogP contribution in [-0.2, 0) is 0 Å². The van der Waals surface area contributed by atoms with Crippen molar-refractivity contribution in [2.24, 2.45) is 16.8 Å². The highest BCUT2D eigenvalue weighted by Crippen LogP contribution is 2.42. The Morgan fingerprint density at radius 3 is 2.33 bits per heavy atom. The fourth-order valence-electron chi connectivity index (χ4n) is 3.89. The van der Waals surface area contributed by atoms with Crippen molar-refractivity contribution in [1.29, 1.82) is 0 Å². The highest BCUT2D eigenvalue weighted by atomic mass is 14.8. The first-order valence-corrected chi connectivity index (χ1v) is 8.76. The second-order valence-electron chi connectivity index (χ2n) is 7.06. The second kappa shape index (κ2) is 5.90. The van der Waals surface area contributed by atoms with Crippen molar-refractivity contribution in [3.05, 3.63) is 77.4 Å². The van der Waals surface area contributed by atoms with Gasteiger partial charge in [-0.05, 0) is 58.7 Å². The van der Waals surface area contributed by atoms with Gasteiger partial charge in [0.05, 0.1) is 6.04 Å². The van der Waals surface area contributed by atoms with E-state index in [-0.39, 0.29) is 0 Å². The summed E-state index contributed by atoms with van der Waals surface area (Å²) in [7, 11) is 0. The van der Waals surface area contributed by atoms with Gasteiger partial charge in [0.2, 0.25) is 0 Å². The molecule has 0 aromatic heterocycles. The lowest BCUT2D eigenvalue weighted by Crippen LogP contribution is -2.18. The molecule has 1 heteroatoms. The molecular formula is C23H23N. The van der Waals surface area contributed by atoms with Gasteiger partial charge in [-0.25, -0.2) is 0 Å².